The number of carbonyl (C=O) groups is 1. The summed E-state index contributed by atoms with van der Waals surface area (Å²) in [5, 5.41) is 9.88. The number of rotatable bonds is 5. The molecule has 1 heterocycles. The van der Waals surface area contributed by atoms with Crippen molar-refractivity contribution in [2.45, 2.75) is 26.4 Å². The van der Waals surface area contributed by atoms with E-state index < -0.39 is 0 Å². The number of aromatic nitrogens is 3. The molecule has 3 aromatic rings. The lowest BCUT2D eigenvalue weighted by molar-refractivity contribution is -0.122. The van der Waals surface area contributed by atoms with E-state index in [1.54, 1.807) is 16.7 Å². The number of nitrogens with one attached hydrogen (secondary N) is 2. The van der Waals surface area contributed by atoms with Crippen LogP contribution in [0.3, 0.4) is 0 Å². The second kappa shape index (κ2) is 7.61. The normalized spacial score (nSPS) is 12.0. The lowest BCUT2D eigenvalue weighted by Crippen LogP contribution is -2.30. The highest BCUT2D eigenvalue weighted by molar-refractivity contribution is 7.71. The lowest BCUT2D eigenvalue weighted by atomic mass is 10.1. The zero-order valence-electron chi connectivity index (χ0n) is 14.5. The number of halogens is 1. The van der Waals surface area contributed by atoms with Crippen molar-refractivity contribution >= 4 is 18.1 Å². The van der Waals surface area contributed by atoms with Gasteiger partial charge in [0, 0.05) is 5.56 Å². The highest BCUT2D eigenvalue weighted by Gasteiger charge is 2.14. The Balaban J connectivity index is 1.75. The van der Waals surface area contributed by atoms with Gasteiger partial charge in [-0.15, -0.1) is 0 Å². The van der Waals surface area contributed by atoms with E-state index in [0.29, 0.717) is 10.6 Å². The molecule has 26 heavy (non-hydrogen) atoms. The molecule has 0 aliphatic carbocycles. The maximum atomic E-state index is 13.0. The average molecular weight is 370 g/mol. The third-order valence-electron chi connectivity index (χ3n) is 4.12. The third-order valence-corrected chi connectivity index (χ3v) is 4.43. The molecule has 3 rings (SSSR count). The second-order valence-electron chi connectivity index (χ2n) is 6.15. The summed E-state index contributed by atoms with van der Waals surface area (Å²) in [4.78, 5) is 12.5. The van der Waals surface area contributed by atoms with Crippen molar-refractivity contribution in [2.75, 3.05) is 0 Å². The zero-order valence-corrected chi connectivity index (χ0v) is 15.3. The van der Waals surface area contributed by atoms with Gasteiger partial charge in [0.05, 0.1) is 6.04 Å². The fraction of sp³-hybridized carbons (Fsp3) is 0.211. The molecular formula is C19H19FN4OS. The summed E-state index contributed by atoms with van der Waals surface area (Å²) < 4.78 is 15.1. The molecule has 0 fully saturated rings. The van der Waals surface area contributed by atoms with E-state index in [1.807, 2.05) is 38.1 Å². The standard InChI is InChI=1S/C19H19FN4OS/c1-12-3-5-15(6-4-12)18-22-23-19(26)24(18)11-17(25)21-13(2)14-7-9-16(20)10-8-14/h3-10,13H,11H2,1-2H3,(H,21,25)(H,23,26)/t13-/m0/s1. The van der Waals surface area contributed by atoms with Crippen LogP contribution in [0.5, 0.6) is 0 Å². The minimum absolute atomic E-state index is 0.0457. The smallest absolute Gasteiger partial charge is 0.240 e. The number of benzene rings is 2. The van der Waals surface area contributed by atoms with Crippen molar-refractivity contribution in [3.05, 3.63) is 70.2 Å². The van der Waals surface area contributed by atoms with Gasteiger partial charge in [0.25, 0.3) is 0 Å². The summed E-state index contributed by atoms with van der Waals surface area (Å²) >= 11 is 5.26. The summed E-state index contributed by atoms with van der Waals surface area (Å²) in [6, 6.07) is 13.7. The third kappa shape index (κ3) is 4.05. The number of amides is 1. The minimum Gasteiger partial charge on any atom is -0.348 e. The zero-order chi connectivity index (χ0) is 18.7. The fourth-order valence-electron chi connectivity index (χ4n) is 2.65. The first-order valence-corrected chi connectivity index (χ1v) is 8.62. The molecule has 5 nitrogen and oxygen atoms in total. The van der Waals surface area contributed by atoms with Gasteiger partial charge in [0.15, 0.2) is 10.6 Å². The monoisotopic (exact) mass is 370 g/mol. The maximum absolute atomic E-state index is 13.0. The van der Waals surface area contributed by atoms with E-state index in [9.17, 15) is 9.18 Å². The van der Waals surface area contributed by atoms with Crippen LogP contribution in [0.25, 0.3) is 11.4 Å². The van der Waals surface area contributed by atoms with E-state index in [-0.39, 0.29) is 24.3 Å². The van der Waals surface area contributed by atoms with Crippen LogP contribution in [0, 0.1) is 17.5 Å². The second-order valence-corrected chi connectivity index (χ2v) is 6.53. The Hall–Kier alpha value is -2.80. The van der Waals surface area contributed by atoms with Crippen LogP contribution in [0.2, 0.25) is 0 Å². The number of aryl methyl sites for hydroxylation is 1. The van der Waals surface area contributed by atoms with Gasteiger partial charge in [-0.05, 0) is 43.8 Å². The van der Waals surface area contributed by atoms with Gasteiger partial charge in [-0.2, -0.15) is 5.10 Å². The summed E-state index contributed by atoms with van der Waals surface area (Å²) in [7, 11) is 0. The SMILES string of the molecule is Cc1ccc(-c2n[nH]c(=S)n2CC(=O)N[C@@H](C)c2ccc(F)cc2)cc1. The van der Waals surface area contributed by atoms with Crippen LogP contribution >= 0.6 is 12.2 Å². The molecule has 1 atom stereocenters. The Kier molecular flexibility index (Phi) is 5.27. The topological polar surface area (TPSA) is 62.7 Å². The number of aromatic amines is 1. The Labute approximate surface area is 155 Å². The van der Waals surface area contributed by atoms with Crippen molar-refractivity contribution in [3.8, 4) is 11.4 Å². The molecule has 1 aromatic heterocycles. The molecule has 2 aromatic carbocycles. The summed E-state index contributed by atoms with van der Waals surface area (Å²) in [5.74, 6) is 0.104. The van der Waals surface area contributed by atoms with Gasteiger partial charge in [-0.1, -0.05) is 42.0 Å². The van der Waals surface area contributed by atoms with E-state index >= 15 is 0 Å². The van der Waals surface area contributed by atoms with Crippen molar-refractivity contribution in [1.82, 2.24) is 20.1 Å². The Bertz CT molecular complexity index is 960. The summed E-state index contributed by atoms with van der Waals surface area (Å²) in [5.41, 5.74) is 2.84. The Morgan fingerprint density at radius 3 is 2.54 bits per heavy atom. The highest BCUT2D eigenvalue weighted by Crippen LogP contribution is 2.18. The molecule has 1 amide bonds. The van der Waals surface area contributed by atoms with Gasteiger partial charge in [0.1, 0.15) is 12.4 Å². The number of carbonyl (C=O) groups excluding carboxylic acids is 1. The van der Waals surface area contributed by atoms with Gasteiger partial charge in [0.2, 0.25) is 5.91 Å². The Morgan fingerprint density at radius 1 is 1.23 bits per heavy atom. The minimum atomic E-state index is -0.306. The van der Waals surface area contributed by atoms with E-state index in [4.69, 9.17) is 12.2 Å². The first-order valence-electron chi connectivity index (χ1n) is 8.21. The molecule has 0 spiro atoms. The number of hydrogen-bond acceptors (Lipinski definition) is 3. The van der Waals surface area contributed by atoms with Crippen molar-refractivity contribution in [3.63, 3.8) is 0 Å². The van der Waals surface area contributed by atoms with E-state index in [1.165, 1.54) is 12.1 Å². The average Bonchev–Trinajstić information content (AvgIpc) is 2.97. The van der Waals surface area contributed by atoms with Crippen molar-refractivity contribution in [2.24, 2.45) is 0 Å². The number of nitrogens with zero attached hydrogens (tertiary/aromatic N) is 2. The first kappa shape index (κ1) is 18.0. The number of H-pyrrole nitrogens is 1. The predicted octanol–water partition coefficient (Wildman–Crippen LogP) is 3.93. The highest BCUT2D eigenvalue weighted by atomic mass is 32.1. The molecule has 0 radical (unpaired) electrons. The maximum Gasteiger partial charge on any atom is 0.240 e. The Morgan fingerprint density at radius 2 is 1.88 bits per heavy atom. The molecule has 0 unspecified atom stereocenters. The molecule has 2 N–H and O–H groups in total. The summed E-state index contributed by atoms with van der Waals surface area (Å²) in [6.07, 6.45) is 0. The predicted molar refractivity (Wildman–Crippen MR) is 101 cm³/mol. The van der Waals surface area contributed by atoms with Gasteiger partial charge < -0.3 is 5.32 Å². The lowest BCUT2D eigenvalue weighted by Gasteiger charge is -2.15. The molecule has 134 valence electrons. The molecule has 0 saturated carbocycles. The molecule has 0 aliphatic heterocycles. The van der Waals surface area contributed by atoms with Gasteiger partial charge >= 0.3 is 0 Å². The molecule has 0 aliphatic rings. The van der Waals surface area contributed by atoms with E-state index in [2.05, 4.69) is 15.5 Å². The van der Waals surface area contributed by atoms with Crippen LogP contribution < -0.4 is 5.32 Å². The van der Waals surface area contributed by atoms with Crippen LogP contribution in [0.1, 0.15) is 24.1 Å². The van der Waals surface area contributed by atoms with Gasteiger partial charge in [-0.3, -0.25) is 14.5 Å². The molecule has 0 saturated heterocycles. The van der Waals surface area contributed by atoms with Gasteiger partial charge in [-0.25, -0.2) is 4.39 Å². The van der Waals surface area contributed by atoms with Crippen LogP contribution in [0.4, 0.5) is 4.39 Å². The molecular weight excluding hydrogens is 351 g/mol. The van der Waals surface area contributed by atoms with Crippen LogP contribution in [-0.2, 0) is 11.3 Å². The number of hydrogen-bond donors (Lipinski definition) is 2. The van der Waals surface area contributed by atoms with Crippen LogP contribution in [0.15, 0.2) is 48.5 Å². The largest absolute Gasteiger partial charge is 0.348 e. The summed E-state index contributed by atoms with van der Waals surface area (Å²) in [6.45, 7) is 3.90. The van der Waals surface area contributed by atoms with Crippen LogP contribution in [-0.4, -0.2) is 20.7 Å². The molecule has 7 heteroatoms. The van der Waals surface area contributed by atoms with E-state index in [0.717, 1.165) is 16.7 Å². The fourth-order valence-corrected chi connectivity index (χ4v) is 2.85. The first-order chi connectivity index (χ1) is 12.4. The quantitative estimate of drug-likeness (QED) is 0.669. The van der Waals surface area contributed by atoms with Crippen molar-refractivity contribution in [1.29, 1.82) is 0 Å². The van der Waals surface area contributed by atoms with Crippen molar-refractivity contribution < 1.29 is 9.18 Å². The molecule has 0 bridgehead atoms.